The van der Waals surface area contributed by atoms with Gasteiger partial charge < -0.3 is 5.11 Å². The SMILES string of the molecule is CC(C)C(O)c1cc(C=O)sc1Cl. The molecule has 1 aromatic heterocycles. The first-order valence-corrected chi connectivity index (χ1v) is 5.18. The van der Waals surface area contributed by atoms with Crippen LogP contribution >= 0.6 is 22.9 Å². The third-order valence-electron chi connectivity index (χ3n) is 1.80. The Hall–Kier alpha value is -0.380. The van der Waals surface area contributed by atoms with Crippen molar-refractivity contribution in [1.82, 2.24) is 0 Å². The molecule has 1 N–H and O–H groups in total. The first kappa shape index (κ1) is 10.7. The van der Waals surface area contributed by atoms with Gasteiger partial charge in [0.05, 0.1) is 15.3 Å². The minimum atomic E-state index is -0.586. The maximum Gasteiger partial charge on any atom is 0.160 e. The zero-order valence-corrected chi connectivity index (χ0v) is 9.02. The molecule has 1 heterocycles. The molecule has 2 nitrogen and oxygen atoms in total. The summed E-state index contributed by atoms with van der Waals surface area (Å²) in [5.41, 5.74) is 0.656. The Morgan fingerprint density at radius 1 is 1.62 bits per heavy atom. The second-order valence-electron chi connectivity index (χ2n) is 3.18. The highest BCUT2D eigenvalue weighted by molar-refractivity contribution is 7.17. The van der Waals surface area contributed by atoms with Crippen LogP contribution in [0.4, 0.5) is 0 Å². The fourth-order valence-electron chi connectivity index (χ4n) is 1.02. The van der Waals surface area contributed by atoms with Gasteiger partial charge >= 0.3 is 0 Å². The van der Waals surface area contributed by atoms with Crippen LogP contribution in [-0.4, -0.2) is 11.4 Å². The fraction of sp³-hybridized carbons (Fsp3) is 0.444. The van der Waals surface area contributed by atoms with Gasteiger partial charge in [-0.05, 0) is 12.0 Å². The molecule has 1 rings (SSSR count). The second-order valence-corrected chi connectivity index (χ2v) is 4.87. The van der Waals surface area contributed by atoms with Crippen molar-refractivity contribution < 1.29 is 9.90 Å². The molecule has 1 atom stereocenters. The highest BCUT2D eigenvalue weighted by Crippen LogP contribution is 2.34. The first-order chi connectivity index (χ1) is 6.06. The van der Waals surface area contributed by atoms with Crippen LogP contribution in [0.3, 0.4) is 0 Å². The van der Waals surface area contributed by atoms with E-state index >= 15 is 0 Å². The van der Waals surface area contributed by atoms with E-state index in [1.165, 1.54) is 11.3 Å². The molecular weight excluding hydrogens is 208 g/mol. The van der Waals surface area contributed by atoms with E-state index < -0.39 is 6.10 Å². The van der Waals surface area contributed by atoms with E-state index in [2.05, 4.69) is 0 Å². The summed E-state index contributed by atoms with van der Waals surface area (Å²) < 4.78 is 0.503. The topological polar surface area (TPSA) is 37.3 Å². The normalized spacial score (nSPS) is 13.3. The summed E-state index contributed by atoms with van der Waals surface area (Å²) in [6, 6.07) is 1.64. The Morgan fingerprint density at radius 2 is 2.23 bits per heavy atom. The van der Waals surface area contributed by atoms with E-state index in [0.29, 0.717) is 14.8 Å². The molecule has 0 radical (unpaired) electrons. The Labute approximate surface area is 86.2 Å². The number of hydrogen-bond acceptors (Lipinski definition) is 3. The quantitative estimate of drug-likeness (QED) is 0.793. The zero-order valence-electron chi connectivity index (χ0n) is 7.45. The third-order valence-corrected chi connectivity index (χ3v) is 3.11. The van der Waals surface area contributed by atoms with Gasteiger partial charge in [0.1, 0.15) is 0 Å². The highest BCUT2D eigenvalue weighted by Gasteiger charge is 2.17. The molecule has 0 aromatic carbocycles. The summed E-state index contributed by atoms with van der Waals surface area (Å²) in [7, 11) is 0. The van der Waals surface area contributed by atoms with Gasteiger partial charge in [-0.25, -0.2) is 0 Å². The van der Waals surface area contributed by atoms with Crippen molar-refractivity contribution in [2.75, 3.05) is 0 Å². The lowest BCUT2D eigenvalue weighted by Crippen LogP contribution is -2.04. The number of aliphatic hydroxyl groups is 1. The van der Waals surface area contributed by atoms with Crippen LogP contribution in [0.2, 0.25) is 4.34 Å². The number of hydrogen-bond donors (Lipinski definition) is 1. The van der Waals surface area contributed by atoms with Crippen LogP contribution in [0.25, 0.3) is 0 Å². The molecule has 0 fully saturated rings. The van der Waals surface area contributed by atoms with Crippen molar-refractivity contribution in [3.8, 4) is 0 Å². The molecule has 13 heavy (non-hydrogen) atoms. The van der Waals surface area contributed by atoms with Gasteiger partial charge in [0.15, 0.2) is 6.29 Å². The average Bonchev–Trinajstić information content (AvgIpc) is 2.45. The zero-order chi connectivity index (χ0) is 10.0. The van der Waals surface area contributed by atoms with E-state index in [4.69, 9.17) is 11.6 Å². The van der Waals surface area contributed by atoms with Gasteiger partial charge in [-0.1, -0.05) is 25.4 Å². The molecule has 72 valence electrons. The predicted molar refractivity (Wildman–Crippen MR) is 54.5 cm³/mol. The summed E-state index contributed by atoms with van der Waals surface area (Å²) in [6.45, 7) is 3.80. The molecule has 4 heteroatoms. The second kappa shape index (κ2) is 4.22. The molecule has 1 aromatic rings. The number of carbonyl (C=O) groups excluding carboxylic acids is 1. The van der Waals surface area contributed by atoms with E-state index in [1.54, 1.807) is 6.07 Å². The lowest BCUT2D eigenvalue weighted by molar-refractivity contribution is 0.112. The maximum absolute atomic E-state index is 10.4. The van der Waals surface area contributed by atoms with E-state index in [0.717, 1.165) is 6.29 Å². The van der Waals surface area contributed by atoms with E-state index in [9.17, 15) is 9.90 Å². The van der Waals surface area contributed by atoms with Gasteiger partial charge in [-0.3, -0.25) is 4.79 Å². The summed E-state index contributed by atoms with van der Waals surface area (Å²) in [4.78, 5) is 11.0. The number of halogens is 1. The monoisotopic (exact) mass is 218 g/mol. The van der Waals surface area contributed by atoms with Crippen molar-refractivity contribution in [3.63, 3.8) is 0 Å². The Kier molecular flexibility index (Phi) is 3.47. The largest absolute Gasteiger partial charge is 0.388 e. The standard InChI is InChI=1S/C9H11ClO2S/c1-5(2)8(12)7-3-6(4-11)13-9(7)10/h3-5,8,12H,1-2H3. The molecule has 0 spiro atoms. The van der Waals surface area contributed by atoms with E-state index in [-0.39, 0.29) is 5.92 Å². The van der Waals surface area contributed by atoms with Gasteiger partial charge in [0.25, 0.3) is 0 Å². The van der Waals surface area contributed by atoms with Crippen LogP contribution in [0.5, 0.6) is 0 Å². The number of aliphatic hydroxyl groups excluding tert-OH is 1. The molecule has 0 saturated heterocycles. The molecule has 0 saturated carbocycles. The van der Waals surface area contributed by atoms with E-state index in [1.807, 2.05) is 13.8 Å². The van der Waals surface area contributed by atoms with Crippen molar-refractivity contribution in [2.24, 2.45) is 5.92 Å². The third kappa shape index (κ3) is 2.30. The summed E-state index contributed by atoms with van der Waals surface area (Å²) in [5.74, 6) is 0.103. The average molecular weight is 219 g/mol. The lowest BCUT2D eigenvalue weighted by Gasteiger charge is -2.12. The van der Waals surface area contributed by atoms with Crippen LogP contribution in [0.15, 0.2) is 6.07 Å². The summed E-state index contributed by atoms with van der Waals surface area (Å²) in [6.07, 6.45) is 0.157. The van der Waals surface area contributed by atoms with Crippen LogP contribution in [-0.2, 0) is 0 Å². The summed E-state index contributed by atoms with van der Waals surface area (Å²) >= 11 is 7.06. The van der Waals surface area contributed by atoms with Gasteiger partial charge in [-0.15, -0.1) is 11.3 Å². The number of aldehydes is 1. The molecule has 0 amide bonds. The highest BCUT2D eigenvalue weighted by atomic mass is 35.5. The smallest absolute Gasteiger partial charge is 0.160 e. The van der Waals surface area contributed by atoms with Crippen LogP contribution in [0, 0.1) is 5.92 Å². The maximum atomic E-state index is 10.4. The van der Waals surface area contributed by atoms with Crippen molar-refractivity contribution in [2.45, 2.75) is 20.0 Å². The molecule has 0 aliphatic carbocycles. The van der Waals surface area contributed by atoms with Crippen molar-refractivity contribution >= 4 is 29.2 Å². The molecule has 1 unspecified atom stereocenters. The molecule has 0 bridgehead atoms. The van der Waals surface area contributed by atoms with Crippen molar-refractivity contribution in [1.29, 1.82) is 0 Å². The number of thiophene rings is 1. The molecule has 0 aliphatic heterocycles. The Bertz CT molecular complexity index is 307. The Morgan fingerprint density at radius 3 is 2.62 bits per heavy atom. The fourth-order valence-corrected chi connectivity index (χ4v) is 2.19. The number of carbonyl (C=O) groups is 1. The van der Waals surface area contributed by atoms with Crippen LogP contribution < -0.4 is 0 Å². The van der Waals surface area contributed by atoms with Crippen molar-refractivity contribution in [3.05, 3.63) is 20.8 Å². The predicted octanol–water partition coefficient (Wildman–Crippen LogP) is 2.90. The number of rotatable bonds is 3. The van der Waals surface area contributed by atoms with Gasteiger partial charge in [0.2, 0.25) is 0 Å². The minimum Gasteiger partial charge on any atom is -0.388 e. The van der Waals surface area contributed by atoms with Gasteiger partial charge in [0, 0.05) is 5.56 Å². The molecule has 0 aliphatic rings. The lowest BCUT2D eigenvalue weighted by atomic mass is 10.0. The first-order valence-electron chi connectivity index (χ1n) is 3.98. The summed E-state index contributed by atoms with van der Waals surface area (Å²) in [5, 5.41) is 9.69. The van der Waals surface area contributed by atoms with Gasteiger partial charge in [-0.2, -0.15) is 0 Å². The Balaban J connectivity index is 2.99. The minimum absolute atomic E-state index is 0.103. The molecular formula is C9H11ClO2S. The van der Waals surface area contributed by atoms with Crippen LogP contribution in [0.1, 0.15) is 35.2 Å².